The zero-order valence-corrected chi connectivity index (χ0v) is 11.3. The lowest BCUT2D eigenvalue weighted by molar-refractivity contribution is 0.451. The second-order valence-electron chi connectivity index (χ2n) is 4.48. The van der Waals surface area contributed by atoms with Crippen molar-refractivity contribution in [2.75, 3.05) is 5.43 Å². The molecule has 1 heterocycles. The third-order valence-corrected chi connectivity index (χ3v) is 2.76. The summed E-state index contributed by atoms with van der Waals surface area (Å²) >= 11 is 0. The smallest absolute Gasteiger partial charge is 0.227 e. The summed E-state index contributed by atoms with van der Waals surface area (Å²) in [5.41, 5.74) is 3.93. The number of hydrogen-bond donors (Lipinski definition) is 2. The number of ether oxygens (including phenoxy) is 1. The number of nitrogens with two attached hydrogens (primary N) is 1. The molecule has 0 atom stereocenters. The molecule has 0 unspecified atom stereocenters. The fraction of sp³-hybridized carbons (Fsp3) is 0.214. The predicted octanol–water partition coefficient (Wildman–Crippen LogP) is 2.55. The van der Waals surface area contributed by atoms with Crippen molar-refractivity contribution in [2.45, 2.75) is 19.8 Å². The second kappa shape index (κ2) is 5.99. The van der Waals surface area contributed by atoms with Gasteiger partial charge >= 0.3 is 0 Å². The van der Waals surface area contributed by atoms with Gasteiger partial charge in [0.2, 0.25) is 5.88 Å². The molecule has 0 aliphatic carbocycles. The molecule has 0 aliphatic rings. The van der Waals surface area contributed by atoms with Crippen LogP contribution in [0.15, 0.2) is 30.6 Å². The highest BCUT2D eigenvalue weighted by atomic mass is 16.5. The molecule has 3 N–H and O–H groups in total. The van der Waals surface area contributed by atoms with Gasteiger partial charge in [0.15, 0.2) is 5.82 Å². The monoisotopic (exact) mass is 269 g/mol. The number of nitrogens with one attached hydrogen (secondary N) is 1. The Hall–Kier alpha value is -2.65. The molecule has 20 heavy (non-hydrogen) atoms. The third kappa shape index (κ3) is 2.84. The van der Waals surface area contributed by atoms with Crippen LogP contribution in [0.5, 0.6) is 11.6 Å². The number of nitrogen functional groups attached to an aromatic ring is 1. The van der Waals surface area contributed by atoms with Gasteiger partial charge in [-0.1, -0.05) is 13.8 Å². The number of rotatable bonds is 4. The molecule has 0 saturated carbocycles. The lowest BCUT2D eigenvalue weighted by Gasteiger charge is -2.15. The molecule has 0 spiro atoms. The topological polar surface area (TPSA) is 96.8 Å². The molecule has 6 nitrogen and oxygen atoms in total. The van der Waals surface area contributed by atoms with Gasteiger partial charge in [0, 0.05) is 0 Å². The SMILES string of the molecule is CC(C)c1c(NN)ncnc1Oc1ccc(C#N)cc1. The van der Waals surface area contributed by atoms with E-state index in [0.29, 0.717) is 23.0 Å². The first-order valence-corrected chi connectivity index (χ1v) is 6.15. The largest absolute Gasteiger partial charge is 0.439 e. The highest BCUT2D eigenvalue weighted by Gasteiger charge is 2.16. The van der Waals surface area contributed by atoms with E-state index in [1.165, 1.54) is 6.33 Å². The first-order chi connectivity index (χ1) is 9.65. The molecule has 2 rings (SSSR count). The van der Waals surface area contributed by atoms with Crippen LogP contribution < -0.4 is 16.0 Å². The lowest BCUT2D eigenvalue weighted by atomic mass is 10.1. The number of hydrogen-bond acceptors (Lipinski definition) is 6. The average molecular weight is 269 g/mol. The molecule has 6 heteroatoms. The highest BCUT2D eigenvalue weighted by molar-refractivity contribution is 5.51. The van der Waals surface area contributed by atoms with Gasteiger partial charge in [-0.25, -0.2) is 15.8 Å². The van der Waals surface area contributed by atoms with Crippen molar-refractivity contribution in [1.29, 1.82) is 5.26 Å². The number of nitrogens with zero attached hydrogens (tertiary/aromatic N) is 3. The molecule has 0 radical (unpaired) electrons. The molecule has 0 bridgehead atoms. The maximum absolute atomic E-state index is 8.77. The van der Waals surface area contributed by atoms with Crippen molar-refractivity contribution in [3.63, 3.8) is 0 Å². The van der Waals surface area contributed by atoms with Gasteiger partial charge < -0.3 is 10.2 Å². The number of hydrazine groups is 1. The molecule has 1 aromatic heterocycles. The minimum absolute atomic E-state index is 0.149. The Kier molecular flexibility index (Phi) is 4.13. The summed E-state index contributed by atoms with van der Waals surface area (Å²) in [6.07, 6.45) is 1.39. The standard InChI is InChI=1S/C14H15N5O/c1-9(2)12-13(19-16)17-8-18-14(12)20-11-5-3-10(7-15)4-6-11/h3-6,8-9H,16H2,1-2H3,(H,17,18,19). The van der Waals surface area contributed by atoms with Gasteiger partial charge in [0.1, 0.15) is 12.1 Å². The van der Waals surface area contributed by atoms with Crippen LogP contribution in [0.2, 0.25) is 0 Å². The van der Waals surface area contributed by atoms with Gasteiger partial charge in [-0.2, -0.15) is 5.26 Å². The van der Waals surface area contributed by atoms with Crippen molar-refractivity contribution in [1.82, 2.24) is 9.97 Å². The normalized spacial score (nSPS) is 10.2. The number of anilines is 1. The fourth-order valence-corrected chi connectivity index (χ4v) is 1.81. The molecule has 0 amide bonds. The molecular weight excluding hydrogens is 254 g/mol. The maximum atomic E-state index is 8.77. The average Bonchev–Trinajstić information content (AvgIpc) is 2.47. The Morgan fingerprint density at radius 2 is 1.95 bits per heavy atom. The summed E-state index contributed by atoms with van der Waals surface area (Å²) in [7, 11) is 0. The zero-order chi connectivity index (χ0) is 14.5. The summed E-state index contributed by atoms with van der Waals surface area (Å²) in [5, 5.41) is 8.77. The molecule has 0 saturated heterocycles. The van der Waals surface area contributed by atoms with E-state index in [2.05, 4.69) is 21.5 Å². The van der Waals surface area contributed by atoms with Crippen LogP contribution in [0.25, 0.3) is 0 Å². The Morgan fingerprint density at radius 3 is 2.50 bits per heavy atom. The van der Waals surface area contributed by atoms with Crippen molar-refractivity contribution in [2.24, 2.45) is 5.84 Å². The quantitative estimate of drug-likeness (QED) is 0.654. The van der Waals surface area contributed by atoms with E-state index >= 15 is 0 Å². The fourth-order valence-electron chi connectivity index (χ4n) is 1.81. The van der Waals surface area contributed by atoms with E-state index in [-0.39, 0.29) is 5.92 Å². The van der Waals surface area contributed by atoms with E-state index in [1.54, 1.807) is 24.3 Å². The Morgan fingerprint density at radius 1 is 1.25 bits per heavy atom. The Bertz CT molecular complexity index is 631. The van der Waals surface area contributed by atoms with Crippen LogP contribution in [-0.4, -0.2) is 9.97 Å². The lowest BCUT2D eigenvalue weighted by Crippen LogP contribution is -2.13. The Balaban J connectivity index is 2.35. The summed E-state index contributed by atoms with van der Waals surface area (Å²) in [6, 6.07) is 8.88. The van der Waals surface area contributed by atoms with E-state index in [9.17, 15) is 0 Å². The summed E-state index contributed by atoms with van der Waals surface area (Å²) in [5.74, 6) is 7.20. The van der Waals surface area contributed by atoms with Crippen LogP contribution >= 0.6 is 0 Å². The molecule has 0 aliphatic heterocycles. The van der Waals surface area contributed by atoms with E-state index in [4.69, 9.17) is 15.8 Å². The molecular formula is C14H15N5O. The molecule has 1 aromatic carbocycles. The zero-order valence-electron chi connectivity index (χ0n) is 11.3. The van der Waals surface area contributed by atoms with Gasteiger partial charge in [-0.3, -0.25) is 0 Å². The maximum Gasteiger partial charge on any atom is 0.227 e. The van der Waals surface area contributed by atoms with Crippen molar-refractivity contribution < 1.29 is 4.74 Å². The molecule has 0 fully saturated rings. The van der Waals surface area contributed by atoms with Crippen LogP contribution in [0.3, 0.4) is 0 Å². The van der Waals surface area contributed by atoms with Crippen LogP contribution in [0.1, 0.15) is 30.9 Å². The van der Waals surface area contributed by atoms with Crippen LogP contribution in [0.4, 0.5) is 5.82 Å². The van der Waals surface area contributed by atoms with Gasteiger partial charge in [0.25, 0.3) is 0 Å². The summed E-state index contributed by atoms with van der Waals surface area (Å²) in [4.78, 5) is 8.23. The minimum atomic E-state index is 0.149. The Labute approximate surface area is 117 Å². The van der Waals surface area contributed by atoms with E-state index < -0.39 is 0 Å². The number of benzene rings is 1. The van der Waals surface area contributed by atoms with Crippen LogP contribution in [-0.2, 0) is 0 Å². The highest BCUT2D eigenvalue weighted by Crippen LogP contribution is 2.32. The van der Waals surface area contributed by atoms with E-state index in [0.717, 1.165) is 5.56 Å². The van der Waals surface area contributed by atoms with Gasteiger partial charge in [-0.15, -0.1) is 0 Å². The minimum Gasteiger partial charge on any atom is -0.439 e. The summed E-state index contributed by atoms with van der Waals surface area (Å²) in [6.45, 7) is 4.01. The predicted molar refractivity (Wildman–Crippen MR) is 75.2 cm³/mol. The van der Waals surface area contributed by atoms with Crippen molar-refractivity contribution >= 4 is 5.82 Å². The molecule has 2 aromatic rings. The van der Waals surface area contributed by atoms with Gasteiger partial charge in [-0.05, 0) is 30.2 Å². The van der Waals surface area contributed by atoms with Gasteiger partial charge in [0.05, 0.1) is 17.2 Å². The number of nitriles is 1. The van der Waals surface area contributed by atoms with E-state index in [1.807, 2.05) is 13.8 Å². The third-order valence-electron chi connectivity index (χ3n) is 2.76. The van der Waals surface area contributed by atoms with Crippen molar-refractivity contribution in [3.05, 3.63) is 41.7 Å². The molecule has 102 valence electrons. The number of aromatic nitrogens is 2. The first kappa shape index (κ1) is 13.8. The van der Waals surface area contributed by atoms with Crippen LogP contribution in [0, 0.1) is 11.3 Å². The second-order valence-corrected chi connectivity index (χ2v) is 4.48. The van der Waals surface area contributed by atoms with Crippen molar-refractivity contribution in [3.8, 4) is 17.7 Å². The first-order valence-electron chi connectivity index (χ1n) is 6.15. The summed E-state index contributed by atoms with van der Waals surface area (Å²) < 4.78 is 5.76.